The van der Waals surface area contributed by atoms with Crippen molar-refractivity contribution in [3.63, 3.8) is 0 Å². The maximum absolute atomic E-state index is 2.84. The maximum atomic E-state index is 2.84. The monoisotopic (exact) mass is 1240 g/mol. The molecule has 0 atom stereocenters. The van der Waals surface area contributed by atoms with E-state index in [0.717, 1.165) is 47.3 Å². The Balaban J connectivity index is 0.866. The second-order valence-electron chi connectivity index (χ2n) is 32.2. The molecule has 0 bridgehead atoms. The van der Waals surface area contributed by atoms with Gasteiger partial charge >= 0.3 is 0 Å². The molecule has 0 spiro atoms. The van der Waals surface area contributed by atoms with Crippen LogP contribution in [0.1, 0.15) is 281 Å². The first-order chi connectivity index (χ1) is 45.6. The summed E-state index contributed by atoms with van der Waals surface area (Å²) in [5, 5.41) is 0. The van der Waals surface area contributed by atoms with Gasteiger partial charge in [-0.2, -0.15) is 9.15 Å². The van der Waals surface area contributed by atoms with Crippen molar-refractivity contribution in [2.24, 2.45) is 47.3 Å². The molecule has 0 heterocycles. The fourth-order valence-electron chi connectivity index (χ4n) is 19.9. The van der Waals surface area contributed by atoms with Crippen molar-refractivity contribution in [1.29, 1.82) is 0 Å². The van der Waals surface area contributed by atoms with E-state index in [0.29, 0.717) is 5.92 Å². The van der Waals surface area contributed by atoms with Crippen LogP contribution in [-0.4, -0.2) is 50.7 Å². The van der Waals surface area contributed by atoms with Crippen LogP contribution in [0.2, 0.25) is 0 Å². The van der Waals surface area contributed by atoms with Crippen LogP contribution in [0.5, 0.6) is 0 Å². The predicted octanol–water partition coefficient (Wildman–Crippen LogP) is 24.0. The minimum absolute atomic E-state index is 0.657. The van der Waals surface area contributed by atoms with Gasteiger partial charge < -0.3 is 14.7 Å². The van der Waals surface area contributed by atoms with Gasteiger partial charge in [0.15, 0.2) is 0 Å². The van der Waals surface area contributed by atoms with Crippen LogP contribution in [0.3, 0.4) is 0 Å². The minimum Gasteiger partial charge on any atom is -0.371 e. The summed E-state index contributed by atoms with van der Waals surface area (Å²) in [5.74, 6) is 7.31. The van der Waals surface area contributed by atoms with Gasteiger partial charge in [0.1, 0.15) is 0 Å². The van der Waals surface area contributed by atoms with E-state index in [-0.39, 0.29) is 0 Å². The molecule has 92 heavy (non-hydrogen) atoms. The first kappa shape index (κ1) is 65.7. The average Bonchev–Trinajstić information content (AvgIpc) is 1.03. The van der Waals surface area contributed by atoms with Crippen molar-refractivity contribution in [2.75, 3.05) is 54.0 Å². The highest BCUT2D eigenvalue weighted by Gasteiger charge is 2.31. The summed E-state index contributed by atoms with van der Waals surface area (Å²) < 4.78 is 5.17. The fraction of sp³-hybridized carbons (Fsp3) is 0.655. The lowest BCUT2D eigenvalue weighted by Gasteiger charge is -2.35. The Bertz CT molecular complexity index is 2460. The van der Waals surface area contributed by atoms with Crippen LogP contribution in [0.15, 0.2) is 121 Å². The molecule has 9 aliphatic carbocycles. The molecule has 0 radical (unpaired) electrons. The third-order valence-corrected chi connectivity index (χ3v) is 25.3. The van der Waals surface area contributed by atoms with Crippen molar-refractivity contribution in [3.05, 3.63) is 127 Å². The summed E-state index contributed by atoms with van der Waals surface area (Å²) in [6.07, 6.45) is 69.0. The molecule has 0 saturated heterocycles. The molecule has 9 aliphatic rings. The SMILES string of the molecule is C1=CC(=[N+](c2ccc(N(CC3CCCCC3)CC3CCCCC3)cc2)c2ccc(N(CC3CCCCC3)CC3CCCCC3)cc2)C=CC1=[N+](c1ccc(C(CC2CCCCC2)CC2CCCCC2)cc1)c1ccc(N(CC2CCCCC2)CC2CCCCC2)cc1. The third-order valence-electron chi connectivity index (χ3n) is 25.3. The summed E-state index contributed by atoms with van der Waals surface area (Å²) in [6.45, 7) is 7.27. The van der Waals surface area contributed by atoms with Crippen LogP contribution < -0.4 is 23.9 Å². The van der Waals surface area contributed by atoms with Gasteiger partial charge in [0.2, 0.25) is 34.2 Å². The van der Waals surface area contributed by atoms with Gasteiger partial charge in [-0.3, -0.25) is 0 Å². The second-order valence-corrected chi connectivity index (χ2v) is 32.2. The van der Waals surface area contributed by atoms with Gasteiger partial charge in [-0.15, -0.1) is 0 Å². The largest absolute Gasteiger partial charge is 0.371 e. The molecule has 0 unspecified atom stereocenters. The number of allylic oxidation sites excluding steroid dienone is 4. The van der Waals surface area contributed by atoms with Gasteiger partial charge in [-0.25, -0.2) is 0 Å². The molecule has 0 aromatic heterocycles. The lowest BCUT2D eigenvalue weighted by atomic mass is 9.75. The minimum atomic E-state index is 0.657. The summed E-state index contributed by atoms with van der Waals surface area (Å²) >= 11 is 0. The van der Waals surface area contributed by atoms with Crippen LogP contribution in [0, 0.1) is 47.3 Å². The molecule has 4 aromatic carbocycles. The van der Waals surface area contributed by atoms with E-state index in [2.05, 4.69) is 145 Å². The lowest BCUT2D eigenvalue weighted by molar-refractivity contribution is 0.268. The lowest BCUT2D eigenvalue weighted by Crippen LogP contribution is -2.35. The highest BCUT2D eigenvalue weighted by atomic mass is 15.2. The highest BCUT2D eigenvalue weighted by molar-refractivity contribution is 6.20. The topological polar surface area (TPSA) is 15.7 Å². The number of hydrogen-bond donors (Lipinski definition) is 0. The van der Waals surface area contributed by atoms with Crippen LogP contribution in [0.4, 0.5) is 39.8 Å². The number of anilines is 3. The Morgan fingerprint density at radius 1 is 0.239 bits per heavy atom. The van der Waals surface area contributed by atoms with Crippen molar-refractivity contribution >= 4 is 51.2 Å². The summed E-state index contributed by atoms with van der Waals surface area (Å²) in [7, 11) is 0. The van der Waals surface area contributed by atoms with E-state index >= 15 is 0 Å². The first-order valence-corrected chi connectivity index (χ1v) is 39.9. The molecule has 0 aliphatic heterocycles. The Morgan fingerprint density at radius 2 is 0.435 bits per heavy atom. The van der Waals surface area contributed by atoms with Gasteiger partial charge in [-0.1, -0.05) is 192 Å². The van der Waals surface area contributed by atoms with Crippen LogP contribution >= 0.6 is 0 Å². The maximum Gasteiger partial charge on any atom is 0.212 e. The molecule has 8 saturated carbocycles. The van der Waals surface area contributed by atoms with E-state index in [1.54, 1.807) is 5.56 Å². The highest BCUT2D eigenvalue weighted by Crippen LogP contribution is 2.42. The summed E-state index contributed by atoms with van der Waals surface area (Å²) in [5.41, 5.74) is 13.3. The fourth-order valence-corrected chi connectivity index (χ4v) is 19.9. The van der Waals surface area contributed by atoms with Gasteiger partial charge in [0, 0.05) is 129 Å². The summed E-state index contributed by atoms with van der Waals surface area (Å²) in [6, 6.07) is 40.0. The van der Waals surface area contributed by atoms with Crippen LogP contribution in [0.25, 0.3) is 0 Å². The van der Waals surface area contributed by atoms with E-state index in [1.807, 2.05) is 0 Å². The molecule has 0 amide bonds. The van der Waals surface area contributed by atoms with Gasteiger partial charge in [0.05, 0.1) is 0 Å². The van der Waals surface area contributed by atoms with Gasteiger partial charge in [-0.05, 0) is 185 Å². The Kier molecular flexibility index (Phi) is 24.4. The van der Waals surface area contributed by atoms with E-state index in [4.69, 9.17) is 0 Å². The molecule has 13 rings (SSSR count). The second kappa shape index (κ2) is 34.2. The van der Waals surface area contributed by atoms with Crippen molar-refractivity contribution in [2.45, 2.75) is 276 Å². The van der Waals surface area contributed by atoms with E-state index in [9.17, 15) is 0 Å². The van der Waals surface area contributed by atoms with Crippen molar-refractivity contribution < 1.29 is 0 Å². The zero-order valence-electron chi connectivity index (χ0n) is 57.9. The molecule has 496 valence electrons. The number of nitrogens with zero attached hydrogens (tertiary/aromatic N) is 5. The van der Waals surface area contributed by atoms with Crippen LogP contribution in [-0.2, 0) is 0 Å². The number of hydrogen-bond acceptors (Lipinski definition) is 3. The smallest absolute Gasteiger partial charge is 0.212 e. The zero-order chi connectivity index (χ0) is 61.9. The Morgan fingerprint density at radius 3 is 0.652 bits per heavy atom. The Labute approximate surface area is 561 Å². The first-order valence-electron chi connectivity index (χ1n) is 39.9. The van der Waals surface area contributed by atoms with Crippen molar-refractivity contribution in [1.82, 2.24) is 9.15 Å². The molecule has 0 N–H and O–H groups in total. The molecule has 4 aromatic rings. The Hall–Kier alpha value is -4.90. The quantitative estimate of drug-likeness (QED) is 0.0514. The normalized spacial score (nSPS) is 21.9. The van der Waals surface area contributed by atoms with E-state index < -0.39 is 0 Å². The molecule has 5 heteroatoms. The average molecular weight is 1240 g/mol. The number of rotatable bonds is 24. The molecular weight excluding hydrogens is 1110 g/mol. The molecule has 5 nitrogen and oxygen atoms in total. The van der Waals surface area contributed by atoms with Gasteiger partial charge in [0.25, 0.3) is 0 Å². The van der Waals surface area contributed by atoms with Crippen molar-refractivity contribution in [3.8, 4) is 0 Å². The standard InChI is InChI=1S/C87H125N5/c1-9-25-69(26-10-1)61-78(62-70-27-11-2-12-28-70)77-41-43-82(44-42-77)91(83-51-45-79(46-52-83)88(63-71-29-13-3-14-30-71)64-72-31-15-4-16-32-72)86-57-59-87(60-58-86)92(84-53-47-80(48-54-84)89(65-73-33-17-5-18-34-73)66-74-35-19-6-20-36-74)85-55-49-81(50-56-85)90(67-75-37-21-7-22-38-75)68-76-39-23-8-24-40-76/h41-60,69-76,78H,1-40,61-68H2/q+2. The predicted molar refractivity (Wildman–Crippen MR) is 398 cm³/mol. The number of benzene rings is 4. The van der Waals surface area contributed by atoms with E-state index in [1.165, 1.54) is 360 Å². The molecular formula is C87H125N5+2. The zero-order valence-corrected chi connectivity index (χ0v) is 57.9. The summed E-state index contributed by atoms with van der Waals surface area (Å²) in [4.78, 5) is 8.51. The molecule has 8 fully saturated rings. The third kappa shape index (κ3) is 18.4.